The van der Waals surface area contributed by atoms with E-state index in [4.69, 9.17) is 16.0 Å². The first-order valence-electron chi connectivity index (χ1n) is 6.55. The maximum absolute atomic E-state index is 11.9. The zero-order valence-electron chi connectivity index (χ0n) is 11.5. The molecule has 1 aromatic carbocycles. The van der Waals surface area contributed by atoms with Crippen LogP contribution >= 0.6 is 11.6 Å². The first-order valence-corrected chi connectivity index (χ1v) is 6.93. The van der Waals surface area contributed by atoms with Crippen LogP contribution in [0.15, 0.2) is 40.8 Å². The lowest BCUT2D eigenvalue weighted by atomic mass is 10.2. The van der Waals surface area contributed by atoms with Crippen LogP contribution in [0, 0.1) is 0 Å². The van der Waals surface area contributed by atoms with Crippen molar-refractivity contribution in [1.82, 2.24) is 0 Å². The summed E-state index contributed by atoms with van der Waals surface area (Å²) in [6.07, 6.45) is 0. The van der Waals surface area contributed by atoms with Crippen molar-refractivity contribution in [3.8, 4) is 0 Å². The predicted octanol–water partition coefficient (Wildman–Crippen LogP) is 4.03. The van der Waals surface area contributed by atoms with Gasteiger partial charge in [-0.05, 0) is 61.8 Å². The Labute approximate surface area is 123 Å². The van der Waals surface area contributed by atoms with Crippen LogP contribution in [-0.2, 0) is 0 Å². The molecule has 20 heavy (non-hydrogen) atoms. The summed E-state index contributed by atoms with van der Waals surface area (Å²) in [7, 11) is 0. The number of hydrogen-bond donors (Lipinski definition) is 1. The van der Waals surface area contributed by atoms with Crippen LogP contribution in [0.3, 0.4) is 0 Å². The van der Waals surface area contributed by atoms with E-state index in [0.29, 0.717) is 0 Å². The molecule has 0 atom stereocenters. The number of nitrogens with zero attached hydrogens (tertiary/aromatic N) is 1. The van der Waals surface area contributed by atoms with E-state index in [1.165, 1.54) is 0 Å². The molecule has 0 fully saturated rings. The third kappa shape index (κ3) is 3.33. The molecule has 106 valence electrons. The Balaban J connectivity index is 2.05. The third-order valence-corrected chi connectivity index (χ3v) is 3.25. The Morgan fingerprint density at radius 3 is 2.30 bits per heavy atom. The van der Waals surface area contributed by atoms with Gasteiger partial charge in [0.05, 0.1) is 0 Å². The van der Waals surface area contributed by atoms with Gasteiger partial charge in [0.15, 0.2) is 11.0 Å². The number of anilines is 2. The Bertz CT molecular complexity index is 574. The lowest BCUT2D eigenvalue weighted by molar-refractivity contribution is 0.0997. The van der Waals surface area contributed by atoms with E-state index >= 15 is 0 Å². The van der Waals surface area contributed by atoms with Gasteiger partial charge in [-0.1, -0.05) is 0 Å². The van der Waals surface area contributed by atoms with Gasteiger partial charge < -0.3 is 14.6 Å². The number of carbonyl (C=O) groups excluding carboxylic acids is 1. The van der Waals surface area contributed by atoms with Crippen LogP contribution in [0.2, 0.25) is 5.22 Å². The molecular weight excluding hydrogens is 276 g/mol. The molecule has 0 saturated heterocycles. The molecular formula is C15H17ClN2O2. The van der Waals surface area contributed by atoms with Crippen LogP contribution < -0.4 is 10.2 Å². The molecule has 0 bridgehead atoms. The highest BCUT2D eigenvalue weighted by Crippen LogP contribution is 2.19. The summed E-state index contributed by atoms with van der Waals surface area (Å²) in [5.74, 6) is -0.115. The molecule has 0 unspecified atom stereocenters. The van der Waals surface area contributed by atoms with Crippen molar-refractivity contribution in [2.45, 2.75) is 13.8 Å². The van der Waals surface area contributed by atoms with E-state index in [-0.39, 0.29) is 16.9 Å². The van der Waals surface area contributed by atoms with Gasteiger partial charge in [0.25, 0.3) is 5.91 Å². The highest BCUT2D eigenvalue weighted by atomic mass is 35.5. The van der Waals surface area contributed by atoms with Gasteiger partial charge in [-0.25, -0.2) is 0 Å². The fourth-order valence-corrected chi connectivity index (χ4v) is 2.12. The van der Waals surface area contributed by atoms with Crippen LogP contribution in [0.5, 0.6) is 0 Å². The molecule has 0 radical (unpaired) electrons. The zero-order chi connectivity index (χ0) is 14.5. The average molecular weight is 293 g/mol. The highest BCUT2D eigenvalue weighted by Gasteiger charge is 2.11. The average Bonchev–Trinajstić information content (AvgIpc) is 2.89. The van der Waals surface area contributed by atoms with Crippen LogP contribution in [0.25, 0.3) is 0 Å². The maximum atomic E-state index is 11.9. The first-order chi connectivity index (χ1) is 9.63. The summed E-state index contributed by atoms with van der Waals surface area (Å²) >= 11 is 5.64. The molecule has 1 aromatic heterocycles. The second kappa shape index (κ2) is 6.48. The molecule has 5 heteroatoms. The minimum Gasteiger partial charge on any atom is -0.440 e. The van der Waals surface area contributed by atoms with Gasteiger partial charge >= 0.3 is 0 Å². The first kappa shape index (κ1) is 14.5. The van der Waals surface area contributed by atoms with Crippen molar-refractivity contribution in [3.05, 3.63) is 47.4 Å². The van der Waals surface area contributed by atoms with Gasteiger partial charge in [0, 0.05) is 24.5 Å². The number of benzene rings is 1. The molecule has 1 amide bonds. The second-order valence-corrected chi connectivity index (χ2v) is 4.65. The Morgan fingerprint density at radius 2 is 1.80 bits per heavy atom. The minimum atomic E-state index is -0.313. The van der Waals surface area contributed by atoms with Gasteiger partial charge in [0.1, 0.15) is 0 Å². The van der Waals surface area contributed by atoms with Crippen molar-refractivity contribution >= 4 is 28.9 Å². The van der Waals surface area contributed by atoms with E-state index in [1.54, 1.807) is 12.1 Å². The number of nitrogens with one attached hydrogen (secondary N) is 1. The molecule has 0 spiro atoms. The van der Waals surface area contributed by atoms with Crippen molar-refractivity contribution in [2.24, 2.45) is 0 Å². The number of hydrogen-bond acceptors (Lipinski definition) is 3. The van der Waals surface area contributed by atoms with Crippen LogP contribution in [0.4, 0.5) is 11.4 Å². The summed E-state index contributed by atoms with van der Waals surface area (Å²) in [5, 5.41) is 2.96. The van der Waals surface area contributed by atoms with Gasteiger partial charge in [-0.3, -0.25) is 4.79 Å². The zero-order valence-corrected chi connectivity index (χ0v) is 12.3. The molecule has 0 aliphatic heterocycles. The number of furan rings is 1. The topological polar surface area (TPSA) is 45.5 Å². The summed E-state index contributed by atoms with van der Waals surface area (Å²) < 4.78 is 5.06. The Morgan fingerprint density at radius 1 is 1.15 bits per heavy atom. The molecule has 4 nitrogen and oxygen atoms in total. The van der Waals surface area contributed by atoms with E-state index in [1.807, 2.05) is 24.3 Å². The van der Waals surface area contributed by atoms with E-state index in [2.05, 4.69) is 24.1 Å². The maximum Gasteiger partial charge on any atom is 0.291 e. The smallest absolute Gasteiger partial charge is 0.291 e. The SMILES string of the molecule is CCN(CC)c1ccc(NC(=O)c2ccc(Cl)o2)cc1. The highest BCUT2D eigenvalue weighted by molar-refractivity contribution is 6.29. The normalized spacial score (nSPS) is 10.3. The van der Waals surface area contributed by atoms with Crippen molar-refractivity contribution < 1.29 is 9.21 Å². The van der Waals surface area contributed by atoms with Crippen LogP contribution in [0.1, 0.15) is 24.4 Å². The van der Waals surface area contributed by atoms with E-state index < -0.39 is 0 Å². The predicted molar refractivity (Wildman–Crippen MR) is 81.7 cm³/mol. The van der Waals surface area contributed by atoms with Gasteiger partial charge in [-0.2, -0.15) is 0 Å². The minimum absolute atomic E-state index is 0.197. The van der Waals surface area contributed by atoms with Crippen LogP contribution in [-0.4, -0.2) is 19.0 Å². The number of rotatable bonds is 5. The summed E-state index contributed by atoms with van der Waals surface area (Å²) in [5.41, 5.74) is 1.85. The summed E-state index contributed by atoms with van der Waals surface area (Å²) in [4.78, 5) is 14.1. The van der Waals surface area contributed by atoms with Crippen molar-refractivity contribution in [1.29, 1.82) is 0 Å². The number of carbonyl (C=O) groups is 1. The monoisotopic (exact) mass is 292 g/mol. The molecule has 1 N–H and O–H groups in total. The molecule has 0 aliphatic carbocycles. The molecule has 1 heterocycles. The standard InChI is InChI=1S/C15H17ClN2O2/c1-3-18(4-2)12-7-5-11(6-8-12)17-15(19)13-9-10-14(16)20-13/h5-10H,3-4H2,1-2H3,(H,17,19). The van der Waals surface area contributed by atoms with Crippen molar-refractivity contribution in [2.75, 3.05) is 23.3 Å². The fourth-order valence-electron chi connectivity index (χ4n) is 1.97. The van der Waals surface area contributed by atoms with Gasteiger partial charge in [-0.15, -0.1) is 0 Å². The lowest BCUT2D eigenvalue weighted by Crippen LogP contribution is -2.21. The fraction of sp³-hybridized carbons (Fsp3) is 0.267. The molecule has 0 aliphatic rings. The molecule has 2 rings (SSSR count). The Hall–Kier alpha value is -1.94. The summed E-state index contributed by atoms with van der Waals surface area (Å²) in [6, 6.07) is 10.8. The van der Waals surface area contributed by atoms with E-state index in [0.717, 1.165) is 24.5 Å². The summed E-state index contributed by atoms with van der Waals surface area (Å²) in [6.45, 7) is 6.12. The van der Waals surface area contributed by atoms with Crippen molar-refractivity contribution in [3.63, 3.8) is 0 Å². The lowest BCUT2D eigenvalue weighted by Gasteiger charge is -2.21. The second-order valence-electron chi connectivity index (χ2n) is 4.28. The molecule has 0 saturated carbocycles. The van der Waals surface area contributed by atoms with E-state index in [9.17, 15) is 4.79 Å². The molecule has 2 aromatic rings. The van der Waals surface area contributed by atoms with Gasteiger partial charge in [0.2, 0.25) is 0 Å². The third-order valence-electron chi connectivity index (χ3n) is 3.05. The number of amides is 1. The Kier molecular flexibility index (Phi) is 4.69. The largest absolute Gasteiger partial charge is 0.440 e. The quantitative estimate of drug-likeness (QED) is 0.905. The number of halogens is 1.